The SMILES string of the molecule is COCC#Cc1cc2c(Nc3ccc(Oc4ccc5c(c4)ncn5C)c(Cl)c3)ncnc2s1. The number of benzene rings is 2. The Kier molecular flexibility index (Phi) is 5.84. The molecule has 3 aromatic heterocycles. The van der Waals surface area contributed by atoms with Crippen LogP contribution in [-0.4, -0.2) is 33.2 Å². The summed E-state index contributed by atoms with van der Waals surface area (Å²) >= 11 is 8.02. The van der Waals surface area contributed by atoms with E-state index in [4.69, 9.17) is 21.1 Å². The van der Waals surface area contributed by atoms with E-state index in [-0.39, 0.29) is 0 Å². The molecule has 2 aromatic carbocycles. The molecule has 7 nitrogen and oxygen atoms in total. The number of nitrogens with zero attached hydrogens (tertiary/aromatic N) is 4. The maximum absolute atomic E-state index is 6.52. The van der Waals surface area contributed by atoms with E-state index >= 15 is 0 Å². The number of hydrogen-bond acceptors (Lipinski definition) is 7. The maximum atomic E-state index is 6.52. The molecule has 0 amide bonds. The van der Waals surface area contributed by atoms with Gasteiger partial charge in [-0.15, -0.1) is 11.3 Å². The molecule has 3 heterocycles. The Bertz CT molecular complexity index is 1530. The minimum Gasteiger partial charge on any atom is -0.456 e. The lowest BCUT2D eigenvalue weighted by Gasteiger charge is -2.11. The van der Waals surface area contributed by atoms with Crippen molar-refractivity contribution in [2.24, 2.45) is 7.05 Å². The van der Waals surface area contributed by atoms with Gasteiger partial charge in [0, 0.05) is 25.9 Å². The summed E-state index contributed by atoms with van der Waals surface area (Å²) in [5, 5.41) is 4.68. The van der Waals surface area contributed by atoms with Gasteiger partial charge in [0.2, 0.25) is 0 Å². The number of ether oxygens (including phenoxy) is 2. The molecule has 5 aromatic rings. The lowest BCUT2D eigenvalue weighted by atomic mass is 10.2. The molecule has 0 unspecified atom stereocenters. The average molecular weight is 476 g/mol. The summed E-state index contributed by atoms with van der Waals surface area (Å²) in [5.41, 5.74) is 2.68. The van der Waals surface area contributed by atoms with Crippen molar-refractivity contribution in [3.8, 4) is 23.3 Å². The van der Waals surface area contributed by atoms with Gasteiger partial charge >= 0.3 is 0 Å². The minimum absolute atomic E-state index is 0.383. The van der Waals surface area contributed by atoms with Gasteiger partial charge in [0.1, 0.15) is 35.1 Å². The zero-order valence-corrected chi connectivity index (χ0v) is 19.4. The van der Waals surface area contributed by atoms with Crippen molar-refractivity contribution in [1.82, 2.24) is 19.5 Å². The molecule has 0 saturated carbocycles. The number of hydrogen-bond donors (Lipinski definition) is 1. The highest BCUT2D eigenvalue weighted by atomic mass is 35.5. The predicted octanol–water partition coefficient (Wildman–Crippen LogP) is 5.77. The second kappa shape index (κ2) is 9.08. The van der Waals surface area contributed by atoms with E-state index in [1.54, 1.807) is 19.5 Å². The summed E-state index contributed by atoms with van der Waals surface area (Å²) in [6.45, 7) is 0.383. The van der Waals surface area contributed by atoms with Crippen LogP contribution in [0.25, 0.3) is 21.3 Å². The van der Waals surface area contributed by atoms with Gasteiger partial charge in [0.25, 0.3) is 0 Å². The van der Waals surface area contributed by atoms with Crippen LogP contribution in [0.4, 0.5) is 11.5 Å². The Morgan fingerprint density at radius 1 is 1.12 bits per heavy atom. The van der Waals surface area contributed by atoms with Crippen molar-refractivity contribution in [3.63, 3.8) is 0 Å². The van der Waals surface area contributed by atoms with Crippen LogP contribution in [0.2, 0.25) is 5.02 Å². The van der Waals surface area contributed by atoms with Gasteiger partial charge in [-0.05, 0) is 36.4 Å². The molecule has 164 valence electrons. The minimum atomic E-state index is 0.383. The summed E-state index contributed by atoms with van der Waals surface area (Å²) in [4.78, 5) is 14.9. The van der Waals surface area contributed by atoms with Crippen LogP contribution in [0.3, 0.4) is 0 Å². The van der Waals surface area contributed by atoms with Crippen LogP contribution in [0.15, 0.2) is 55.1 Å². The van der Waals surface area contributed by atoms with Gasteiger partial charge in [-0.2, -0.15) is 0 Å². The number of nitrogens with one attached hydrogen (secondary N) is 1. The van der Waals surface area contributed by atoms with Gasteiger partial charge in [-0.1, -0.05) is 23.4 Å². The molecule has 0 fully saturated rings. The van der Waals surface area contributed by atoms with Crippen LogP contribution in [-0.2, 0) is 11.8 Å². The largest absolute Gasteiger partial charge is 0.456 e. The molecule has 5 rings (SSSR count). The van der Waals surface area contributed by atoms with E-state index in [0.29, 0.717) is 28.9 Å². The van der Waals surface area contributed by atoms with E-state index in [0.717, 1.165) is 31.8 Å². The van der Waals surface area contributed by atoms with E-state index in [9.17, 15) is 0 Å². The lowest BCUT2D eigenvalue weighted by Crippen LogP contribution is -1.95. The summed E-state index contributed by atoms with van der Waals surface area (Å²) in [6.07, 6.45) is 3.30. The highest BCUT2D eigenvalue weighted by Gasteiger charge is 2.11. The quantitative estimate of drug-likeness (QED) is 0.325. The number of fused-ring (bicyclic) bond motifs is 2. The molecule has 1 N–H and O–H groups in total. The van der Waals surface area contributed by atoms with Crippen molar-refractivity contribution in [1.29, 1.82) is 0 Å². The normalized spacial score (nSPS) is 10.9. The summed E-state index contributed by atoms with van der Waals surface area (Å²) in [7, 11) is 3.57. The third kappa shape index (κ3) is 4.47. The second-order valence-corrected chi connectivity index (χ2v) is 8.60. The lowest BCUT2D eigenvalue weighted by molar-refractivity contribution is 0.240. The molecular formula is C24H18ClN5O2S. The molecule has 0 atom stereocenters. The monoisotopic (exact) mass is 475 g/mol. The number of thiophene rings is 1. The Labute approximate surface area is 199 Å². The molecule has 0 aliphatic rings. The smallest absolute Gasteiger partial charge is 0.146 e. The van der Waals surface area contributed by atoms with Gasteiger partial charge in [0.15, 0.2) is 0 Å². The number of halogens is 1. The maximum Gasteiger partial charge on any atom is 0.146 e. The van der Waals surface area contributed by atoms with Gasteiger partial charge in [0.05, 0.1) is 32.6 Å². The average Bonchev–Trinajstić information content (AvgIpc) is 3.39. The molecule has 9 heteroatoms. The number of methoxy groups -OCH3 is 1. The van der Waals surface area contributed by atoms with Gasteiger partial charge in [-0.25, -0.2) is 15.0 Å². The third-order valence-corrected chi connectivity index (χ3v) is 6.13. The number of anilines is 2. The van der Waals surface area contributed by atoms with Gasteiger partial charge in [-0.3, -0.25) is 0 Å². The van der Waals surface area contributed by atoms with E-state index in [1.165, 1.54) is 17.7 Å². The van der Waals surface area contributed by atoms with Crippen molar-refractivity contribution in [2.75, 3.05) is 19.0 Å². The predicted molar refractivity (Wildman–Crippen MR) is 132 cm³/mol. The Hall–Kier alpha value is -3.64. The van der Waals surface area contributed by atoms with Gasteiger partial charge < -0.3 is 19.4 Å². The molecule has 33 heavy (non-hydrogen) atoms. The highest BCUT2D eigenvalue weighted by Crippen LogP contribution is 2.35. The zero-order valence-electron chi connectivity index (χ0n) is 17.8. The summed E-state index contributed by atoms with van der Waals surface area (Å²) < 4.78 is 12.9. The Morgan fingerprint density at radius 3 is 2.88 bits per heavy atom. The number of aryl methyl sites for hydroxylation is 1. The van der Waals surface area contributed by atoms with Crippen molar-refractivity contribution in [2.45, 2.75) is 0 Å². The fourth-order valence-corrected chi connectivity index (χ4v) is 4.41. The highest BCUT2D eigenvalue weighted by molar-refractivity contribution is 7.19. The van der Waals surface area contributed by atoms with Crippen molar-refractivity contribution in [3.05, 3.63) is 65.0 Å². The topological polar surface area (TPSA) is 74.1 Å². The van der Waals surface area contributed by atoms with E-state index in [1.807, 2.05) is 48.0 Å². The van der Waals surface area contributed by atoms with E-state index in [2.05, 4.69) is 32.1 Å². The Balaban J connectivity index is 1.37. The van der Waals surface area contributed by atoms with Crippen molar-refractivity contribution >= 4 is 55.7 Å². The Morgan fingerprint density at radius 2 is 2.03 bits per heavy atom. The van der Waals surface area contributed by atoms with Crippen LogP contribution < -0.4 is 10.1 Å². The van der Waals surface area contributed by atoms with E-state index < -0.39 is 0 Å². The van der Waals surface area contributed by atoms with Crippen LogP contribution in [0.1, 0.15) is 4.88 Å². The molecule has 0 bridgehead atoms. The molecule has 0 saturated heterocycles. The summed E-state index contributed by atoms with van der Waals surface area (Å²) in [5.74, 6) is 7.94. The molecule has 0 aliphatic carbocycles. The molecule has 0 spiro atoms. The molecule has 0 radical (unpaired) electrons. The fraction of sp³-hybridized carbons (Fsp3) is 0.125. The number of imidazole rings is 1. The van der Waals surface area contributed by atoms with Crippen LogP contribution in [0, 0.1) is 11.8 Å². The molecule has 0 aliphatic heterocycles. The fourth-order valence-electron chi connectivity index (χ4n) is 3.32. The van der Waals surface area contributed by atoms with Crippen LogP contribution in [0.5, 0.6) is 11.5 Å². The first-order valence-corrected chi connectivity index (χ1v) is 11.2. The number of aromatic nitrogens is 4. The van der Waals surface area contributed by atoms with Crippen molar-refractivity contribution < 1.29 is 9.47 Å². The first-order valence-electron chi connectivity index (χ1n) is 9.98. The molecular weight excluding hydrogens is 458 g/mol. The number of rotatable bonds is 5. The first kappa shape index (κ1) is 21.2. The first-order chi connectivity index (χ1) is 16.1. The zero-order chi connectivity index (χ0) is 22.8. The van der Waals surface area contributed by atoms with Crippen LogP contribution >= 0.6 is 22.9 Å². The standard InChI is InChI=1S/C24H18ClN5O2S/c1-30-14-28-20-11-16(6-7-21(20)30)32-22-8-5-15(10-19(22)25)29-23-18-12-17(4-3-9-31-2)33-24(18)27-13-26-23/h5-8,10-14H,9H2,1-2H3,(H,26,27,29). The summed E-state index contributed by atoms with van der Waals surface area (Å²) in [6, 6.07) is 13.2. The third-order valence-electron chi connectivity index (χ3n) is 4.88. The second-order valence-electron chi connectivity index (χ2n) is 7.16.